The molecule has 0 bridgehead atoms. The first kappa shape index (κ1) is 19.7. The van der Waals surface area contributed by atoms with E-state index in [1.54, 1.807) is 4.90 Å². The summed E-state index contributed by atoms with van der Waals surface area (Å²) in [6.45, 7) is 12.2. The monoisotopic (exact) mass is 300 g/mol. The first-order valence-corrected chi connectivity index (χ1v) is 8.04. The van der Waals surface area contributed by atoms with Crippen LogP contribution in [0.25, 0.3) is 0 Å². The summed E-state index contributed by atoms with van der Waals surface area (Å²) in [6.07, 6.45) is 1.96. The van der Waals surface area contributed by atoms with E-state index in [-0.39, 0.29) is 18.4 Å². The third-order valence-corrected chi connectivity index (χ3v) is 3.71. The number of carboxylic acid groups (broad SMARTS) is 1. The van der Waals surface area contributed by atoms with Gasteiger partial charge in [0.25, 0.3) is 0 Å². The average molecular weight is 300 g/mol. The lowest BCUT2D eigenvalue weighted by Gasteiger charge is -2.26. The Hall–Kier alpha value is -1.26. The number of nitrogens with zero attached hydrogens (tertiary/aromatic N) is 1. The molecule has 0 heterocycles. The van der Waals surface area contributed by atoms with Crippen LogP contribution in [0.1, 0.15) is 53.9 Å². The van der Waals surface area contributed by atoms with E-state index in [1.165, 1.54) is 0 Å². The molecule has 0 aromatic rings. The van der Waals surface area contributed by atoms with Gasteiger partial charge in [-0.3, -0.25) is 4.79 Å². The summed E-state index contributed by atoms with van der Waals surface area (Å²) in [5, 5.41) is 11.8. The van der Waals surface area contributed by atoms with Crippen molar-refractivity contribution in [3.8, 4) is 0 Å². The van der Waals surface area contributed by atoms with Crippen molar-refractivity contribution in [2.24, 2.45) is 17.8 Å². The lowest BCUT2D eigenvalue weighted by Crippen LogP contribution is -2.43. The molecular formula is C16H32N2O3. The third kappa shape index (κ3) is 9.32. The molecule has 21 heavy (non-hydrogen) atoms. The van der Waals surface area contributed by atoms with Gasteiger partial charge in [0.15, 0.2) is 0 Å². The number of urea groups is 1. The standard InChI is InChI=1S/C16H32N2O3/c1-6-13(5)11-18(7-2)16(21)17-10-14(8-12(3)4)9-15(19)20/h12-14H,6-11H2,1-5H3,(H,17,21)(H,19,20)/t13?,14-/m0/s1. The fraction of sp³-hybridized carbons (Fsp3) is 0.875. The first-order valence-electron chi connectivity index (χ1n) is 8.04. The van der Waals surface area contributed by atoms with Gasteiger partial charge in [-0.1, -0.05) is 34.1 Å². The van der Waals surface area contributed by atoms with Gasteiger partial charge in [0.1, 0.15) is 0 Å². The Morgan fingerprint density at radius 1 is 1.19 bits per heavy atom. The highest BCUT2D eigenvalue weighted by atomic mass is 16.4. The molecule has 5 heteroatoms. The van der Waals surface area contributed by atoms with Gasteiger partial charge in [-0.15, -0.1) is 0 Å². The van der Waals surface area contributed by atoms with Crippen molar-refractivity contribution >= 4 is 12.0 Å². The van der Waals surface area contributed by atoms with Crippen LogP contribution in [0.5, 0.6) is 0 Å². The van der Waals surface area contributed by atoms with Crippen LogP contribution in [0.4, 0.5) is 4.79 Å². The average Bonchev–Trinajstić information content (AvgIpc) is 2.40. The summed E-state index contributed by atoms with van der Waals surface area (Å²) < 4.78 is 0. The number of hydrogen-bond donors (Lipinski definition) is 2. The second kappa shape index (κ2) is 10.5. The van der Waals surface area contributed by atoms with E-state index < -0.39 is 5.97 Å². The Morgan fingerprint density at radius 3 is 2.24 bits per heavy atom. The zero-order valence-corrected chi connectivity index (χ0v) is 14.2. The van der Waals surface area contributed by atoms with Crippen molar-refractivity contribution in [3.63, 3.8) is 0 Å². The number of aliphatic carboxylic acids is 1. The van der Waals surface area contributed by atoms with Crippen LogP contribution >= 0.6 is 0 Å². The molecule has 0 saturated carbocycles. The van der Waals surface area contributed by atoms with Gasteiger partial charge in [0, 0.05) is 26.1 Å². The largest absolute Gasteiger partial charge is 0.481 e. The maximum atomic E-state index is 12.2. The number of amides is 2. The summed E-state index contributed by atoms with van der Waals surface area (Å²) in [6, 6.07) is -0.0862. The number of carbonyl (C=O) groups excluding carboxylic acids is 1. The molecule has 0 radical (unpaired) electrons. The molecule has 0 aliphatic heterocycles. The molecule has 2 atom stereocenters. The van der Waals surface area contributed by atoms with Crippen LogP contribution in [-0.4, -0.2) is 41.6 Å². The minimum Gasteiger partial charge on any atom is -0.481 e. The van der Waals surface area contributed by atoms with Crippen molar-refractivity contribution in [3.05, 3.63) is 0 Å². The predicted octanol–water partition coefficient (Wildman–Crippen LogP) is 3.20. The van der Waals surface area contributed by atoms with Crippen LogP contribution in [0.15, 0.2) is 0 Å². The highest BCUT2D eigenvalue weighted by molar-refractivity contribution is 5.74. The molecule has 5 nitrogen and oxygen atoms in total. The molecule has 2 N–H and O–H groups in total. The van der Waals surface area contributed by atoms with E-state index in [9.17, 15) is 9.59 Å². The number of hydrogen-bond acceptors (Lipinski definition) is 2. The molecule has 1 unspecified atom stereocenters. The quantitative estimate of drug-likeness (QED) is 0.651. The molecule has 0 aromatic carbocycles. The number of rotatable bonds is 10. The van der Waals surface area contributed by atoms with Gasteiger partial charge in [-0.2, -0.15) is 0 Å². The SMILES string of the molecule is CCC(C)CN(CC)C(=O)NC[C@H](CC(=O)O)CC(C)C. The van der Waals surface area contributed by atoms with Crippen molar-refractivity contribution in [1.29, 1.82) is 0 Å². The Kier molecular flexibility index (Phi) is 9.84. The van der Waals surface area contributed by atoms with E-state index >= 15 is 0 Å². The van der Waals surface area contributed by atoms with Crippen LogP contribution in [0.3, 0.4) is 0 Å². The normalized spacial score (nSPS) is 13.8. The molecule has 0 aliphatic carbocycles. The fourth-order valence-corrected chi connectivity index (χ4v) is 2.36. The van der Waals surface area contributed by atoms with Gasteiger partial charge in [0.05, 0.1) is 0 Å². The van der Waals surface area contributed by atoms with E-state index in [0.717, 1.165) is 19.4 Å². The highest BCUT2D eigenvalue weighted by Gasteiger charge is 2.18. The molecular weight excluding hydrogens is 268 g/mol. The number of carbonyl (C=O) groups is 2. The molecule has 2 amide bonds. The smallest absolute Gasteiger partial charge is 0.317 e. The number of nitrogens with one attached hydrogen (secondary N) is 1. The molecule has 0 saturated heterocycles. The van der Waals surface area contributed by atoms with Crippen LogP contribution < -0.4 is 5.32 Å². The van der Waals surface area contributed by atoms with Gasteiger partial charge in [-0.25, -0.2) is 4.79 Å². The topological polar surface area (TPSA) is 69.6 Å². The zero-order chi connectivity index (χ0) is 16.4. The van der Waals surface area contributed by atoms with Gasteiger partial charge in [0.2, 0.25) is 0 Å². The summed E-state index contributed by atoms with van der Waals surface area (Å²) in [4.78, 5) is 24.8. The molecule has 0 rings (SSSR count). The summed E-state index contributed by atoms with van der Waals surface area (Å²) in [5.74, 6) is 0.0884. The third-order valence-electron chi connectivity index (χ3n) is 3.71. The van der Waals surface area contributed by atoms with Gasteiger partial charge in [-0.05, 0) is 31.1 Å². The van der Waals surface area contributed by atoms with E-state index in [1.807, 2.05) is 6.92 Å². The second-order valence-electron chi connectivity index (χ2n) is 6.33. The highest BCUT2D eigenvalue weighted by Crippen LogP contribution is 2.15. The molecule has 0 aromatic heterocycles. The van der Waals surface area contributed by atoms with Crippen molar-refractivity contribution in [2.75, 3.05) is 19.6 Å². The van der Waals surface area contributed by atoms with Gasteiger partial charge >= 0.3 is 12.0 Å². The van der Waals surface area contributed by atoms with E-state index in [4.69, 9.17) is 5.11 Å². The fourth-order valence-electron chi connectivity index (χ4n) is 2.36. The summed E-state index contributed by atoms with van der Waals surface area (Å²) >= 11 is 0. The van der Waals surface area contributed by atoms with Gasteiger partial charge < -0.3 is 15.3 Å². The van der Waals surface area contributed by atoms with Crippen molar-refractivity contribution < 1.29 is 14.7 Å². The summed E-state index contributed by atoms with van der Waals surface area (Å²) in [7, 11) is 0. The lowest BCUT2D eigenvalue weighted by atomic mass is 9.94. The maximum Gasteiger partial charge on any atom is 0.317 e. The minimum absolute atomic E-state index is 0.00578. The molecule has 124 valence electrons. The molecule has 0 fully saturated rings. The molecule has 0 aliphatic rings. The Labute approximate surface area is 129 Å². The second-order valence-corrected chi connectivity index (χ2v) is 6.33. The van der Waals surface area contributed by atoms with E-state index in [0.29, 0.717) is 24.9 Å². The Morgan fingerprint density at radius 2 is 1.81 bits per heavy atom. The van der Waals surface area contributed by atoms with Crippen LogP contribution in [-0.2, 0) is 4.79 Å². The van der Waals surface area contributed by atoms with E-state index in [2.05, 4.69) is 33.0 Å². The van der Waals surface area contributed by atoms with Crippen LogP contribution in [0, 0.1) is 17.8 Å². The number of carboxylic acids is 1. The van der Waals surface area contributed by atoms with Crippen molar-refractivity contribution in [2.45, 2.75) is 53.9 Å². The zero-order valence-electron chi connectivity index (χ0n) is 14.2. The first-order chi connectivity index (χ1) is 9.79. The predicted molar refractivity (Wildman–Crippen MR) is 85.3 cm³/mol. The Balaban J connectivity index is 4.40. The summed E-state index contributed by atoms with van der Waals surface area (Å²) in [5.41, 5.74) is 0. The van der Waals surface area contributed by atoms with Crippen molar-refractivity contribution in [1.82, 2.24) is 10.2 Å². The maximum absolute atomic E-state index is 12.2. The van der Waals surface area contributed by atoms with Crippen LogP contribution in [0.2, 0.25) is 0 Å². The Bertz CT molecular complexity index is 319. The molecule has 0 spiro atoms. The lowest BCUT2D eigenvalue weighted by molar-refractivity contribution is -0.138. The minimum atomic E-state index is -0.804.